The molecule has 0 spiro atoms. The molecule has 0 unspecified atom stereocenters. The number of thioether (sulfide) groups is 1. The van der Waals surface area contributed by atoms with Crippen molar-refractivity contribution in [2.75, 3.05) is 6.26 Å². The van der Waals surface area contributed by atoms with E-state index in [1.807, 2.05) is 30.6 Å². The first-order valence-electron chi connectivity index (χ1n) is 3.95. The molecule has 2 rings (SSSR count). The van der Waals surface area contributed by atoms with Gasteiger partial charge in [-0.05, 0) is 26.2 Å². The molecule has 4 nitrogen and oxygen atoms in total. The minimum atomic E-state index is 0.682. The van der Waals surface area contributed by atoms with Crippen molar-refractivity contribution >= 4 is 17.5 Å². The Morgan fingerprint density at radius 2 is 2.08 bits per heavy atom. The van der Waals surface area contributed by atoms with Gasteiger partial charge in [-0.1, -0.05) is 11.8 Å². The van der Waals surface area contributed by atoms with Gasteiger partial charge in [-0.2, -0.15) is 0 Å². The van der Waals surface area contributed by atoms with Gasteiger partial charge in [0.15, 0.2) is 5.16 Å². The molecule has 5 heteroatoms. The minimum absolute atomic E-state index is 0.682. The average Bonchev–Trinajstić information content (AvgIpc) is 2.47. The Labute approximate surface area is 80.4 Å². The van der Waals surface area contributed by atoms with Gasteiger partial charge in [0.1, 0.15) is 0 Å². The summed E-state index contributed by atoms with van der Waals surface area (Å²) in [5, 5.41) is 8.91. The van der Waals surface area contributed by atoms with E-state index in [-0.39, 0.29) is 0 Å². The van der Waals surface area contributed by atoms with Gasteiger partial charge >= 0.3 is 0 Å². The van der Waals surface area contributed by atoms with Gasteiger partial charge in [0.25, 0.3) is 5.78 Å². The Bertz CT molecular complexity index is 449. The van der Waals surface area contributed by atoms with E-state index in [0.717, 1.165) is 16.5 Å². The monoisotopic (exact) mass is 194 g/mol. The van der Waals surface area contributed by atoms with E-state index < -0.39 is 0 Å². The van der Waals surface area contributed by atoms with Crippen LogP contribution in [0.15, 0.2) is 11.2 Å². The van der Waals surface area contributed by atoms with Gasteiger partial charge < -0.3 is 0 Å². The van der Waals surface area contributed by atoms with Crippen molar-refractivity contribution in [3.63, 3.8) is 0 Å². The first-order chi connectivity index (χ1) is 6.22. The highest BCUT2D eigenvalue weighted by Gasteiger charge is 2.07. The van der Waals surface area contributed by atoms with Crippen molar-refractivity contribution in [1.29, 1.82) is 0 Å². The smallest absolute Gasteiger partial charge is 0.256 e. The van der Waals surface area contributed by atoms with Crippen LogP contribution in [0, 0.1) is 13.8 Å². The lowest BCUT2D eigenvalue weighted by Gasteiger charge is -2.01. The third-order valence-corrected chi connectivity index (χ3v) is 2.48. The Hall–Kier alpha value is -1.10. The van der Waals surface area contributed by atoms with Crippen molar-refractivity contribution in [3.8, 4) is 0 Å². The summed E-state index contributed by atoms with van der Waals surface area (Å²) in [7, 11) is 0. The van der Waals surface area contributed by atoms with E-state index in [4.69, 9.17) is 0 Å². The summed E-state index contributed by atoms with van der Waals surface area (Å²) >= 11 is 1.57. The number of hydrogen-bond acceptors (Lipinski definition) is 4. The Morgan fingerprint density at radius 1 is 1.31 bits per heavy atom. The number of hydrogen-bond donors (Lipinski definition) is 0. The van der Waals surface area contributed by atoms with Crippen LogP contribution < -0.4 is 0 Å². The topological polar surface area (TPSA) is 43.1 Å². The molecule has 0 fully saturated rings. The lowest BCUT2D eigenvalue weighted by atomic mass is 10.3. The number of aromatic nitrogens is 4. The zero-order valence-corrected chi connectivity index (χ0v) is 8.59. The van der Waals surface area contributed by atoms with Crippen molar-refractivity contribution in [2.24, 2.45) is 0 Å². The summed E-state index contributed by atoms with van der Waals surface area (Å²) in [6, 6.07) is 2.02. The molecule has 0 saturated heterocycles. The lowest BCUT2D eigenvalue weighted by molar-refractivity contribution is 0.888. The van der Waals surface area contributed by atoms with Crippen LogP contribution in [0.2, 0.25) is 0 Å². The van der Waals surface area contributed by atoms with E-state index >= 15 is 0 Å². The van der Waals surface area contributed by atoms with Crippen molar-refractivity contribution in [3.05, 3.63) is 17.5 Å². The molecule has 2 aromatic rings. The van der Waals surface area contributed by atoms with Crippen molar-refractivity contribution in [2.45, 2.75) is 19.0 Å². The highest BCUT2D eigenvalue weighted by Crippen LogP contribution is 2.15. The summed E-state index contributed by atoms with van der Waals surface area (Å²) in [6.07, 6.45) is 1.98. The number of fused-ring (bicyclic) bond motifs is 1. The number of rotatable bonds is 1. The molecule has 68 valence electrons. The van der Waals surface area contributed by atoms with E-state index in [2.05, 4.69) is 15.2 Å². The highest BCUT2D eigenvalue weighted by molar-refractivity contribution is 7.98. The fraction of sp³-hybridized carbons (Fsp3) is 0.375. The molecule has 2 aromatic heterocycles. The summed E-state index contributed by atoms with van der Waals surface area (Å²) in [5.41, 5.74) is 2.10. The van der Waals surface area contributed by atoms with E-state index in [1.165, 1.54) is 0 Å². The largest absolute Gasteiger partial charge is 0.259 e. The van der Waals surface area contributed by atoms with Crippen LogP contribution in [0.25, 0.3) is 5.78 Å². The molecular formula is C8H10N4S. The second kappa shape index (κ2) is 2.99. The van der Waals surface area contributed by atoms with Crippen LogP contribution in [0.4, 0.5) is 0 Å². The van der Waals surface area contributed by atoms with E-state index in [0.29, 0.717) is 5.78 Å². The molecule has 0 N–H and O–H groups in total. The van der Waals surface area contributed by atoms with E-state index in [9.17, 15) is 0 Å². The summed E-state index contributed by atoms with van der Waals surface area (Å²) in [6.45, 7) is 3.99. The molecule has 0 radical (unpaired) electrons. The predicted octanol–water partition coefficient (Wildman–Crippen LogP) is 1.46. The molecule has 13 heavy (non-hydrogen) atoms. The summed E-state index contributed by atoms with van der Waals surface area (Å²) in [4.78, 5) is 4.28. The maximum atomic E-state index is 4.28. The van der Waals surface area contributed by atoms with Crippen LogP contribution in [0.1, 0.15) is 11.4 Å². The lowest BCUT2D eigenvalue weighted by Crippen LogP contribution is -1.97. The van der Waals surface area contributed by atoms with Gasteiger partial charge in [-0.15, -0.1) is 10.2 Å². The van der Waals surface area contributed by atoms with Crippen LogP contribution >= 0.6 is 11.8 Å². The third kappa shape index (κ3) is 1.29. The molecule has 0 atom stereocenters. The average molecular weight is 194 g/mol. The van der Waals surface area contributed by atoms with Gasteiger partial charge in [0, 0.05) is 11.4 Å². The third-order valence-electron chi connectivity index (χ3n) is 1.85. The first kappa shape index (κ1) is 8.50. The highest BCUT2D eigenvalue weighted by atomic mass is 32.2. The van der Waals surface area contributed by atoms with E-state index in [1.54, 1.807) is 11.8 Å². The maximum Gasteiger partial charge on any atom is 0.256 e. The van der Waals surface area contributed by atoms with Gasteiger partial charge in [0.05, 0.1) is 0 Å². The molecule has 0 amide bonds. The molecule has 0 aliphatic rings. The fourth-order valence-electron chi connectivity index (χ4n) is 1.33. The zero-order valence-electron chi connectivity index (χ0n) is 7.77. The Morgan fingerprint density at radius 3 is 2.77 bits per heavy atom. The van der Waals surface area contributed by atoms with Crippen molar-refractivity contribution < 1.29 is 0 Å². The molecule has 0 aromatic carbocycles. The molecule has 2 heterocycles. The SMILES string of the molecule is CSc1nnc2nc(C)cc(C)n12. The van der Waals surface area contributed by atoms with Gasteiger partial charge in [-0.3, -0.25) is 4.40 Å². The molecule has 0 aliphatic carbocycles. The summed E-state index contributed by atoms with van der Waals surface area (Å²) in [5.74, 6) is 0.682. The zero-order chi connectivity index (χ0) is 9.42. The molecule has 0 bridgehead atoms. The predicted molar refractivity (Wildman–Crippen MR) is 52.0 cm³/mol. The van der Waals surface area contributed by atoms with Gasteiger partial charge in [-0.25, -0.2) is 4.98 Å². The van der Waals surface area contributed by atoms with Crippen molar-refractivity contribution in [1.82, 2.24) is 19.6 Å². The maximum absolute atomic E-state index is 4.28. The standard InChI is InChI=1S/C8H10N4S/c1-5-4-6(2)12-7(9-5)10-11-8(12)13-3/h4H,1-3H3. The molecule has 0 saturated carbocycles. The second-order valence-corrected chi connectivity index (χ2v) is 3.63. The minimum Gasteiger partial charge on any atom is -0.259 e. The Balaban J connectivity index is 2.82. The first-order valence-corrected chi connectivity index (χ1v) is 5.18. The molecule has 0 aliphatic heterocycles. The fourth-order valence-corrected chi connectivity index (χ4v) is 1.86. The number of aryl methyl sites for hydroxylation is 2. The number of nitrogens with zero attached hydrogens (tertiary/aromatic N) is 4. The van der Waals surface area contributed by atoms with Crippen LogP contribution in [0.5, 0.6) is 0 Å². The summed E-state index contributed by atoms with van der Waals surface area (Å²) < 4.78 is 1.96. The van der Waals surface area contributed by atoms with Gasteiger partial charge in [0.2, 0.25) is 0 Å². The molecular weight excluding hydrogens is 184 g/mol. The Kier molecular flexibility index (Phi) is 1.95. The normalized spacial score (nSPS) is 11.0. The quantitative estimate of drug-likeness (QED) is 0.645. The van der Waals surface area contributed by atoms with Crippen LogP contribution in [-0.2, 0) is 0 Å². The second-order valence-electron chi connectivity index (χ2n) is 2.86. The van der Waals surface area contributed by atoms with Crippen LogP contribution in [0.3, 0.4) is 0 Å². The van der Waals surface area contributed by atoms with Crippen LogP contribution in [-0.4, -0.2) is 25.8 Å².